The van der Waals surface area contributed by atoms with Crippen LogP contribution in [-0.4, -0.2) is 24.5 Å². The summed E-state index contributed by atoms with van der Waals surface area (Å²) in [7, 11) is 2.08. The molecule has 0 aliphatic heterocycles. The first kappa shape index (κ1) is 12.3. The van der Waals surface area contributed by atoms with Crippen molar-refractivity contribution in [3.05, 3.63) is 23.7 Å². The van der Waals surface area contributed by atoms with Gasteiger partial charge in [0.25, 0.3) is 0 Å². The standard InChI is InChI=1S/C12H22N2O/c1-5-10(13)12(14(4)6-2)11-8-7-9(3)15-11/h7-8,10,12H,5-6,13H2,1-4H3. The number of furan rings is 1. The average Bonchev–Trinajstić information content (AvgIpc) is 2.64. The molecule has 3 heteroatoms. The maximum Gasteiger partial charge on any atom is 0.122 e. The lowest BCUT2D eigenvalue weighted by molar-refractivity contribution is 0.190. The third-order valence-electron chi connectivity index (χ3n) is 2.90. The van der Waals surface area contributed by atoms with Crippen LogP contribution in [0.1, 0.15) is 37.8 Å². The molecule has 0 aliphatic carbocycles. The van der Waals surface area contributed by atoms with Gasteiger partial charge in [-0.05, 0) is 39.1 Å². The van der Waals surface area contributed by atoms with Crippen LogP contribution in [0.15, 0.2) is 16.5 Å². The fourth-order valence-electron chi connectivity index (χ4n) is 1.79. The highest BCUT2D eigenvalue weighted by Gasteiger charge is 2.24. The van der Waals surface area contributed by atoms with E-state index in [4.69, 9.17) is 10.2 Å². The van der Waals surface area contributed by atoms with Gasteiger partial charge in [0.2, 0.25) is 0 Å². The summed E-state index contributed by atoms with van der Waals surface area (Å²) in [6.45, 7) is 7.17. The Hall–Kier alpha value is -0.800. The third-order valence-corrected chi connectivity index (χ3v) is 2.90. The molecule has 0 amide bonds. The van der Waals surface area contributed by atoms with Crippen molar-refractivity contribution in [1.82, 2.24) is 4.90 Å². The van der Waals surface area contributed by atoms with Gasteiger partial charge in [-0.25, -0.2) is 0 Å². The van der Waals surface area contributed by atoms with E-state index in [0.29, 0.717) is 0 Å². The largest absolute Gasteiger partial charge is 0.465 e. The molecule has 0 aromatic carbocycles. The zero-order chi connectivity index (χ0) is 11.4. The summed E-state index contributed by atoms with van der Waals surface area (Å²) in [5, 5.41) is 0. The van der Waals surface area contributed by atoms with Crippen LogP contribution in [0.3, 0.4) is 0 Å². The Kier molecular flexibility index (Phi) is 4.36. The molecule has 0 radical (unpaired) electrons. The van der Waals surface area contributed by atoms with Gasteiger partial charge in [-0.2, -0.15) is 0 Å². The van der Waals surface area contributed by atoms with Crippen molar-refractivity contribution in [2.45, 2.75) is 39.3 Å². The zero-order valence-electron chi connectivity index (χ0n) is 10.2. The third kappa shape index (κ3) is 2.83. The number of aryl methyl sites for hydroxylation is 1. The molecule has 2 unspecified atom stereocenters. The Morgan fingerprint density at radius 3 is 2.47 bits per heavy atom. The maximum absolute atomic E-state index is 6.13. The summed E-state index contributed by atoms with van der Waals surface area (Å²) in [4.78, 5) is 2.23. The van der Waals surface area contributed by atoms with Crippen LogP contribution in [0.4, 0.5) is 0 Å². The van der Waals surface area contributed by atoms with Crippen LogP contribution in [-0.2, 0) is 0 Å². The van der Waals surface area contributed by atoms with Gasteiger partial charge in [0, 0.05) is 6.04 Å². The van der Waals surface area contributed by atoms with Gasteiger partial charge < -0.3 is 10.2 Å². The lowest BCUT2D eigenvalue weighted by Gasteiger charge is -2.29. The van der Waals surface area contributed by atoms with Crippen LogP contribution in [0.25, 0.3) is 0 Å². The van der Waals surface area contributed by atoms with Crippen molar-refractivity contribution in [1.29, 1.82) is 0 Å². The number of likely N-dealkylation sites (N-methyl/N-ethyl adjacent to an activating group) is 1. The molecule has 2 atom stereocenters. The van der Waals surface area contributed by atoms with Crippen molar-refractivity contribution in [2.24, 2.45) is 5.73 Å². The molecule has 15 heavy (non-hydrogen) atoms. The van der Waals surface area contributed by atoms with E-state index in [0.717, 1.165) is 24.5 Å². The van der Waals surface area contributed by atoms with E-state index in [1.165, 1.54) is 0 Å². The van der Waals surface area contributed by atoms with Gasteiger partial charge in [0.15, 0.2) is 0 Å². The summed E-state index contributed by atoms with van der Waals surface area (Å²) in [6.07, 6.45) is 0.953. The number of rotatable bonds is 5. The van der Waals surface area contributed by atoms with Crippen molar-refractivity contribution >= 4 is 0 Å². The van der Waals surface area contributed by atoms with E-state index in [9.17, 15) is 0 Å². The van der Waals surface area contributed by atoms with Gasteiger partial charge in [-0.15, -0.1) is 0 Å². The van der Waals surface area contributed by atoms with Gasteiger partial charge in [-0.1, -0.05) is 13.8 Å². The second-order valence-electron chi connectivity index (χ2n) is 4.04. The highest BCUT2D eigenvalue weighted by atomic mass is 16.3. The summed E-state index contributed by atoms with van der Waals surface area (Å²) in [5.74, 6) is 1.93. The molecule has 3 nitrogen and oxygen atoms in total. The minimum atomic E-state index is 0.125. The van der Waals surface area contributed by atoms with Crippen molar-refractivity contribution < 1.29 is 4.42 Å². The topological polar surface area (TPSA) is 42.4 Å². The first-order valence-corrected chi connectivity index (χ1v) is 5.62. The predicted octanol–water partition coefficient (Wildman–Crippen LogP) is 2.32. The summed E-state index contributed by atoms with van der Waals surface area (Å²) in [5.41, 5.74) is 6.13. The Morgan fingerprint density at radius 2 is 2.07 bits per heavy atom. The van der Waals surface area contributed by atoms with E-state index < -0.39 is 0 Å². The molecule has 1 heterocycles. The SMILES string of the molecule is CCC(N)C(c1ccc(C)o1)N(C)CC. The monoisotopic (exact) mass is 210 g/mol. The van der Waals surface area contributed by atoms with Crippen LogP contribution >= 0.6 is 0 Å². The lowest BCUT2D eigenvalue weighted by atomic mass is 10.0. The van der Waals surface area contributed by atoms with Gasteiger partial charge in [0.05, 0.1) is 6.04 Å². The van der Waals surface area contributed by atoms with Gasteiger partial charge >= 0.3 is 0 Å². The molecular weight excluding hydrogens is 188 g/mol. The molecule has 0 saturated heterocycles. The average molecular weight is 210 g/mol. The lowest BCUT2D eigenvalue weighted by Crippen LogP contribution is -2.38. The predicted molar refractivity (Wildman–Crippen MR) is 62.8 cm³/mol. The number of nitrogens with two attached hydrogens (primary N) is 1. The van der Waals surface area contributed by atoms with Gasteiger partial charge in [-0.3, -0.25) is 4.90 Å². The summed E-state index contributed by atoms with van der Waals surface area (Å²) < 4.78 is 5.67. The Bertz CT molecular complexity index is 286. The zero-order valence-corrected chi connectivity index (χ0v) is 10.2. The molecule has 0 bridgehead atoms. The van der Waals surface area contributed by atoms with Crippen molar-refractivity contribution in [3.8, 4) is 0 Å². The molecule has 0 aliphatic rings. The Morgan fingerprint density at radius 1 is 1.40 bits per heavy atom. The molecule has 1 rings (SSSR count). The number of nitrogens with zero attached hydrogens (tertiary/aromatic N) is 1. The van der Waals surface area contributed by atoms with Crippen LogP contribution < -0.4 is 5.73 Å². The fraction of sp³-hybridized carbons (Fsp3) is 0.667. The van der Waals surface area contributed by atoms with Gasteiger partial charge in [0.1, 0.15) is 11.5 Å². The molecule has 0 spiro atoms. The Balaban J connectivity index is 2.90. The van der Waals surface area contributed by atoms with Crippen LogP contribution in [0.2, 0.25) is 0 Å². The minimum Gasteiger partial charge on any atom is -0.465 e. The van der Waals surface area contributed by atoms with Crippen molar-refractivity contribution in [2.75, 3.05) is 13.6 Å². The molecule has 86 valence electrons. The van der Waals surface area contributed by atoms with Crippen LogP contribution in [0.5, 0.6) is 0 Å². The minimum absolute atomic E-state index is 0.125. The highest BCUT2D eigenvalue weighted by molar-refractivity contribution is 5.11. The van der Waals surface area contributed by atoms with E-state index >= 15 is 0 Å². The molecule has 0 fully saturated rings. The highest BCUT2D eigenvalue weighted by Crippen LogP contribution is 2.25. The maximum atomic E-state index is 6.13. The van der Waals surface area contributed by atoms with E-state index in [-0.39, 0.29) is 12.1 Å². The summed E-state index contributed by atoms with van der Waals surface area (Å²) >= 11 is 0. The van der Waals surface area contributed by atoms with E-state index in [2.05, 4.69) is 25.8 Å². The smallest absolute Gasteiger partial charge is 0.122 e. The van der Waals surface area contributed by atoms with E-state index in [1.807, 2.05) is 19.1 Å². The molecule has 1 aromatic rings. The first-order chi connectivity index (χ1) is 7.10. The Labute approximate surface area is 92.2 Å². The number of hydrogen-bond donors (Lipinski definition) is 1. The molecule has 0 saturated carbocycles. The quantitative estimate of drug-likeness (QED) is 0.811. The molecule has 2 N–H and O–H groups in total. The molecular formula is C12H22N2O. The summed E-state index contributed by atoms with van der Waals surface area (Å²) in [6, 6.07) is 4.34. The van der Waals surface area contributed by atoms with E-state index in [1.54, 1.807) is 0 Å². The first-order valence-electron chi connectivity index (χ1n) is 5.62. The second-order valence-corrected chi connectivity index (χ2v) is 4.04. The number of hydrogen-bond acceptors (Lipinski definition) is 3. The normalized spacial score (nSPS) is 15.6. The fourth-order valence-corrected chi connectivity index (χ4v) is 1.79. The second kappa shape index (κ2) is 5.33. The van der Waals surface area contributed by atoms with Crippen molar-refractivity contribution in [3.63, 3.8) is 0 Å². The van der Waals surface area contributed by atoms with Crippen LogP contribution in [0, 0.1) is 6.92 Å². The molecule has 1 aromatic heterocycles.